The summed E-state index contributed by atoms with van der Waals surface area (Å²) in [6, 6.07) is 15.2. The molecule has 5 rings (SSSR count). The van der Waals surface area contributed by atoms with Gasteiger partial charge in [0.1, 0.15) is 17.2 Å². The Balaban J connectivity index is 1.48. The molecule has 236 valence electrons. The Labute approximate surface area is 306 Å². The molecule has 1 heterocycles. The van der Waals surface area contributed by atoms with Gasteiger partial charge in [0.05, 0.1) is 21.7 Å². The minimum absolute atomic E-state index is 0.0320. The van der Waals surface area contributed by atoms with Crippen LogP contribution in [0.3, 0.4) is 0 Å². The van der Waals surface area contributed by atoms with Crippen LogP contribution in [-0.4, -0.2) is 48.5 Å². The number of ketones is 1. The van der Waals surface area contributed by atoms with Gasteiger partial charge in [-0.05, 0) is 125 Å². The van der Waals surface area contributed by atoms with Gasteiger partial charge >= 0.3 is 10.1 Å². The summed E-state index contributed by atoms with van der Waals surface area (Å²) in [5.41, 5.74) is 0.687. The third kappa shape index (κ3) is 6.58. The van der Waals surface area contributed by atoms with Gasteiger partial charge in [0.25, 0.3) is 17.7 Å². The van der Waals surface area contributed by atoms with Crippen molar-refractivity contribution in [2.45, 2.75) is 11.8 Å². The second-order valence-electron chi connectivity index (χ2n) is 9.71. The van der Waals surface area contributed by atoms with Crippen LogP contribution >= 0.6 is 86.9 Å². The van der Waals surface area contributed by atoms with Crippen LogP contribution in [0.4, 0.5) is 0 Å². The molecule has 0 saturated carbocycles. The summed E-state index contributed by atoms with van der Waals surface area (Å²) in [5.74, 6) is -3.44. The molecule has 46 heavy (non-hydrogen) atoms. The predicted octanol–water partition coefficient (Wildman–Crippen LogP) is 8.66. The first kappa shape index (κ1) is 34.7. The molecule has 0 aromatic heterocycles. The highest BCUT2D eigenvalue weighted by Crippen LogP contribution is 2.45. The average Bonchev–Trinajstić information content (AvgIpc) is 3.27. The third-order valence-corrected chi connectivity index (χ3v) is 13.3. The van der Waals surface area contributed by atoms with Crippen LogP contribution < -0.4 is 4.18 Å². The number of fused-ring (bicyclic) bond motifs is 1. The largest absolute Gasteiger partial charge is 0.379 e. The number of Topliss-reactive ketones (excluding diaryl/α,β-unsaturated/α-hetero) is 1. The maximum Gasteiger partial charge on any atom is 0.339 e. The fourth-order valence-corrected chi connectivity index (χ4v) is 8.27. The van der Waals surface area contributed by atoms with Crippen LogP contribution in [0.5, 0.6) is 5.75 Å². The second kappa shape index (κ2) is 13.5. The fraction of sp³-hybridized carbons (Fsp3) is 0.0667. The van der Waals surface area contributed by atoms with Crippen molar-refractivity contribution < 1.29 is 31.8 Å². The maximum atomic E-state index is 13.9. The summed E-state index contributed by atoms with van der Waals surface area (Å²) in [6.45, 7) is 1.04. The lowest BCUT2D eigenvalue weighted by atomic mass is 10.1. The summed E-state index contributed by atoms with van der Waals surface area (Å²) < 4.78 is 32.0. The Kier molecular flexibility index (Phi) is 10.2. The molecule has 16 heteroatoms. The lowest BCUT2D eigenvalue weighted by molar-refractivity contribution is 0.00527. The number of hydrogen-bond acceptors (Lipinski definition) is 7. The van der Waals surface area contributed by atoms with Crippen LogP contribution in [0.1, 0.15) is 47.0 Å². The molecule has 0 atom stereocenters. The van der Waals surface area contributed by atoms with E-state index in [4.69, 9.17) is 27.4 Å². The van der Waals surface area contributed by atoms with E-state index in [0.29, 0.717) is 19.0 Å². The van der Waals surface area contributed by atoms with Crippen molar-refractivity contribution in [3.63, 3.8) is 0 Å². The van der Waals surface area contributed by atoms with E-state index in [-0.39, 0.29) is 51.9 Å². The standard InChI is InChI=1S/C30H16Br4Cl2N2O7S/c1-14-2-9-18(10-3-14)46(43,44)45-17-7-4-15(5-8-17)21(39)13-37(28(40)19-11-6-16(35)12-20(19)36)38-29(41)22-23(30(38)42)25(32)27(34)26(33)24(22)31/h2-12H,13H2,1H3. The Bertz CT molecular complexity index is 2030. The van der Waals surface area contributed by atoms with E-state index in [0.717, 1.165) is 5.56 Å². The molecule has 4 aromatic rings. The number of hydrogen-bond donors (Lipinski definition) is 0. The number of imide groups is 1. The van der Waals surface area contributed by atoms with Crippen molar-refractivity contribution in [2.24, 2.45) is 0 Å². The van der Waals surface area contributed by atoms with E-state index in [1.807, 2.05) is 6.92 Å². The van der Waals surface area contributed by atoms with Gasteiger partial charge < -0.3 is 4.18 Å². The first-order valence-corrected chi connectivity index (χ1v) is 18.1. The first-order valence-electron chi connectivity index (χ1n) is 12.8. The van der Waals surface area contributed by atoms with Gasteiger partial charge in [-0.2, -0.15) is 13.4 Å². The number of amides is 3. The van der Waals surface area contributed by atoms with Crippen molar-refractivity contribution >= 4 is 121 Å². The van der Waals surface area contributed by atoms with Crippen molar-refractivity contribution in [1.29, 1.82) is 0 Å². The fourth-order valence-electron chi connectivity index (χ4n) is 4.40. The highest BCUT2D eigenvalue weighted by Gasteiger charge is 2.46. The van der Waals surface area contributed by atoms with Gasteiger partial charge in [0.2, 0.25) is 0 Å². The summed E-state index contributed by atoms with van der Waals surface area (Å²) in [4.78, 5) is 55.0. The number of rotatable bonds is 8. The molecule has 4 aromatic carbocycles. The number of carbonyl (C=O) groups is 4. The van der Waals surface area contributed by atoms with E-state index >= 15 is 0 Å². The van der Waals surface area contributed by atoms with Gasteiger partial charge in [-0.1, -0.05) is 40.9 Å². The Hall–Kier alpha value is -2.59. The van der Waals surface area contributed by atoms with Gasteiger partial charge in [-0.15, -0.1) is 0 Å². The average molecular weight is 939 g/mol. The smallest absolute Gasteiger partial charge is 0.339 e. The van der Waals surface area contributed by atoms with E-state index < -0.39 is 40.2 Å². The third-order valence-electron chi connectivity index (χ3n) is 6.70. The Morgan fingerprint density at radius 1 is 0.804 bits per heavy atom. The summed E-state index contributed by atoms with van der Waals surface area (Å²) >= 11 is 25.7. The molecule has 0 radical (unpaired) electrons. The highest BCUT2D eigenvalue weighted by atomic mass is 79.9. The minimum Gasteiger partial charge on any atom is -0.379 e. The monoisotopic (exact) mass is 934 g/mol. The van der Waals surface area contributed by atoms with Crippen LogP contribution in [-0.2, 0) is 10.1 Å². The van der Waals surface area contributed by atoms with Crippen LogP contribution in [0.25, 0.3) is 0 Å². The van der Waals surface area contributed by atoms with Crippen LogP contribution in [0.15, 0.2) is 89.5 Å². The Morgan fingerprint density at radius 3 is 1.87 bits per heavy atom. The number of hydrazine groups is 1. The van der Waals surface area contributed by atoms with Crippen LogP contribution in [0.2, 0.25) is 10.0 Å². The zero-order valence-electron chi connectivity index (χ0n) is 23.0. The number of halogens is 6. The lowest BCUT2D eigenvalue weighted by Crippen LogP contribution is -2.51. The highest BCUT2D eigenvalue weighted by molar-refractivity contribution is 9.15. The van der Waals surface area contributed by atoms with Crippen molar-refractivity contribution in [3.05, 3.63) is 122 Å². The van der Waals surface area contributed by atoms with Crippen molar-refractivity contribution in [3.8, 4) is 5.75 Å². The molecule has 0 fully saturated rings. The molecular formula is C30H16Br4Cl2N2O7S. The molecule has 1 aliphatic heterocycles. The minimum atomic E-state index is -4.15. The lowest BCUT2D eigenvalue weighted by Gasteiger charge is -2.29. The van der Waals surface area contributed by atoms with E-state index in [2.05, 4.69) is 63.7 Å². The number of carbonyl (C=O) groups excluding carboxylic acids is 4. The molecule has 0 bridgehead atoms. The molecule has 0 saturated heterocycles. The van der Waals surface area contributed by atoms with E-state index in [1.54, 1.807) is 12.1 Å². The zero-order valence-corrected chi connectivity index (χ0v) is 31.7. The predicted molar refractivity (Wildman–Crippen MR) is 185 cm³/mol. The molecule has 0 spiro atoms. The van der Waals surface area contributed by atoms with Gasteiger partial charge in [0.15, 0.2) is 5.78 Å². The van der Waals surface area contributed by atoms with Gasteiger partial charge in [-0.3, -0.25) is 19.2 Å². The Morgan fingerprint density at radius 2 is 1.35 bits per heavy atom. The summed E-state index contributed by atoms with van der Waals surface area (Å²) in [7, 11) is -4.15. The normalized spacial score (nSPS) is 12.7. The van der Waals surface area contributed by atoms with Crippen molar-refractivity contribution in [2.75, 3.05) is 6.54 Å². The molecule has 3 amide bonds. The van der Waals surface area contributed by atoms with Gasteiger partial charge in [-0.25, -0.2) is 5.01 Å². The van der Waals surface area contributed by atoms with E-state index in [1.165, 1.54) is 54.6 Å². The molecule has 0 aliphatic carbocycles. The van der Waals surface area contributed by atoms with Crippen molar-refractivity contribution in [1.82, 2.24) is 10.0 Å². The second-order valence-corrected chi connectivity index (χ2v) is 15.3. The number of aryl methyl sites for hydroxylation is 1. The zero-order chi connectivity index (χ0) is 33.7. The number of benzene rings is 4. The van der Waals surface area contributed by atoms with Crippen LogP contribution in [0, 0.1) is 6.92 Å². The topological polar surface area (TPSA) is 118 Å². The van der Waals surface area contributed by atoms with E-state index in [9.17, 15) is 27.6 Å². The molecular weight excluding hydrogens is 923 g/mol. The maximum absolute atomic E-state index is 13.9. The first-order chi connectivity index (χ1) is 21.6. The molecule has 0 N–H and O–H groups in total. The number of nitrogens with zero attached hydrogens (tertiary/aromatic N) is 2. The molecule has 9 nitrogen and oxygen atoms in total. The quantitative estimate of drug-likeness (QED) is 0.0571. The SMILES string of the molecule is Cc1ccc(S(=O)(=O)Oc2ccc(C(=O)CN(C(=O)c3ccc(Cl)cc3Cl)N3C(=O)c4c(Br)c(Br)c(Br)c(Br)c4C3=O)cc2)cc1. The molecule has 0 unspecified atom stereocenters. The summed E-state index contributed by atoms with van der Waals surface area (Å²) in [5, 5.41) is 1.44. The van der Waals surface area contributed by atoms with Gasteiger partial charge in [0, 0.05) is 28.5 Å². The summed E-state index contributed by atoms with van der Waals surface area (Å²) in [6.07, 6.45) is 0. The molecule has 1 aliphatic rings.